The first-order valence-electron chi connectivity index (χ1n) is 4.50. The van der Waals surface area contributed by atoms with Gasteiger partial charge in [0.1, 0.15) is 11.6 Å². The molecule has 3 aliphatic rings. The summed E-state index contributed by atoms with van der Waals surface area (Å²) in [6.07, 6.45) is 1.69. The Balaban J connectivity index is 2.41. The van der Waals surface area contributed by atoms with Crippen molar-refractivity contribution in [3.63, 3.8) is 0 Å². The maximum Gasteiger partial charge on any atom is 0.243 e. The van der Waals surface area contributed by atoms with Gasteiger partial charge in [0.15, 0.2) is 0 Å². The molecule has 0 aromatic rings. The Kier molecular flexibility index (Phi) is 1.36. The van der Waals surface area contributed by atoms with Gasteiger partial charge < -0.3 is 9.88 Å². The van der Waals surface area contributed by atoms with Crippen LogP contribution in [-0.2, 0) is 6.54 Å². The minimum absolute atomic E-state index is 0.0744. The fraction of sp³-hybridized carbons (Fsp3) is 0.222. The molecule has 0 spiro atoms. The molecule has 14 heavy (non-hydrogen) atoms. The normalized spacial score (nSPS) is 14.0. The number of nitrogens with zero attached hydrogens (tertiary/aromatic N) is 3. The minimum Gasteiger partial charge on any atom is -0.370 e. The van der Waals surface area contributed by atoms with Gasteiger partial charge in [0.2, 0.25) is 5.62 Å². The SMILES string of the molecule is N=c1ncc2ccc3n(c-2n1)CCN3. The van der Waals surface area contributed by atoms with Crippen molar-refractivity contribution in [1.29, 1.82) is 5.41 Å². The van der Waals surface area contributed by atoms with Gasteiger partial charge in [-0.05, 0) is 12.1 Å². The second-order valence-electron chi connectivity index (χ2n) is 3.27. The maximum atomic E-state index is 7.38. The summed E-state index contributed by atoms with van der Waals surface area (Å²) >= 11 is 0. The number of hydrogen-bond donors (Lipinski definition) is 2. The van der Waals surface area contributed by atoms with E-state index in [0.717, 1.165) is 30.3 Å². The summed E-state index contributed by atoms with van der Waals surface area (Å²) in [4.78, 5) is 7.98. The van der Waals surface area contributed by atoms with Gasteiger partial charge in [0.05, 0.1) is 0 Å². The first-order chi connectivity index (χ1) is 6.84. The van der Waals surface area contributed by atoms with Crippen LogP contribution in [0.4, 0.5) is 5.82 Å². The van der Waals surface area contributed by atoms with Crippen LogP contribution < -0.4 is 10.9 Å². The summed E-state index contributed by atoms with van der Waals surface area (Å²) in [5, 5.41) is 10.6. The lowest BCUT2D eigenvalue weighted by Crippen LogP contribution is -2.15. The largest absolute Gasteiger partial charge is 0.370 e. The lowest BCUT2D eigenvalue weighted by Gasteiger charge is -2.10. The van der Waals surface area contributed by atoms with Crippen molar-refractivity contribution < 1.29 is 0 Å². The number of hydrogen-bond acceptors (Lipinski definition) is 4. The molecule has 0 saturated heterocycles. The monoisotopic (exact) mass is 187 g/mol. The molecule has 0 amide bonds. The Morgan fingerprint density at radius 3 is 3.29 bits per heavy atom. The van der Waals surface area contributed by atoms with Gasteiger partial charge in [-0.3, -0.25) is 5.41 Å². The molecule has 2 N–H and O–H groups in total. The van der Waals surface area contributed by atoms with Crippen LogP contribution in [0.3, 0.4) is 0 Å². The first kappa shape index (κ1) is 7.49. The molecule has 5 nitrogen and oxygen atoms in total. The molecule has 0 bridgehead atoms. The Morgan fingerprint density at radius 1 is 1.43 bits per heavy atom. The van der Waals surface area contributed by atoms with Crippen molar-refractivity contribution >= 4 is 5.82 Å². The van der Waals surface area contributed by atoms with E-state index in [2.05, 4.69) is 19.9 Å². The van der Waals surface area contributed by atoms with Crippen LogP contribution in [0.1, 0.15) is 0 Å². The summed E-state index contributed by atoms with van der Waals surface area (Å²) in [5.41, 5.74) is 1.05. The molecule has 0 aromatic carbocycles. The summed E-state index contributed by atoms with van der Waals surface area (Å²) in [5.74, 6) is 1.91. The topological polar surface area (TPSA) is 66.6 Å². The van der Waals surface area contributed by atoms with Crippen molar-refractivity contribution in [1.82, 2.24) is 14.5 Å². The number of nitrogens with one attached hydrogen (secondary N) is 2. The Hall–Kier alpha value is -1.91. The van der Waals surface area contributed by atoms with Crippen LogP contribution in [0.15, 0.2) is 18.3 Å². The van der Waals surface area contributed by atoms with E-state index in [1.807, 2.05) is 12.1 Å². The third kappa shape index (κ3) is 0.921. The van der Waals surface area contributed by atoms with Gasteiger partial charge in [-0.25, -0.2) is 4.98 Å². The zero-order valence-corrected chi connectivity index (χ0v) is 7.49. The molecule has 0 atom stereocenters. The molecule has 3 rings (SSSR count). The molecule has 0 aliphatic carbocycles. The van der Waals surface area contributed by atoms with E-state index in [1.54, 1.807) is 6.20 Å². The van der Waals surface area contributed by atoms with Crippen LogP contribution in [0.25, 0.3) is 11.4 Å². The predicted octanol–water partition coefficient (Wildman–Crippen LogP) is 0.288. The molecule has 0 unspecified atom stereocenters. The summed E-state index contributed by atoms with van der Waals surface area (Å²) in [7, 11) is 0. The maximum absolute atomic E-state index is 7.38. The molecule has 0 fully saturated rings. The lowest BCUT2D eigenvalue weighted by molar-refractivity contribution is 0.776. The first-order valence-corrected chi connectivity index (χ1v) is 4.50. The van der Waals surface area contributed by atoms with Crippen LogP contribution >= 0.6 is 0 Å². The van der Waals surface area contributed by atoms with Crippen molar-refractivity contribution in [2.45, 2.75) is 6.54 Å². The summed E-state index contributed by atoms with van der Waals surface area (Å²) in [6.45, 7) is 1.83. The quantitative estimate of drug-likeness (QED) is 0.622. The van der Waals surface area contributed by atoms with Gasteiger partial charge in [-0.15, -0.1) is 0 Å². The van der Waals surface area contributed by atoms with Gasteiger partial charge in [0, 0.05) is 24.8 Å². The van der Waals surface area contributed by atoms with E-state index in [1.165, 1.54) is 0 Å². The molecule has 0 saturated carbocycles. The number of rotatable bonds is 0. The van der Waals surface area contributed by atoms with Crippen LogP contribution in [-0.4, -0.2) is 21.1 Å². The number of fused-ring (bicyclic) bond motifs is 3. The van der Waals surface area contributed by atoms with Crippen molar-refractivity contribution in [3.05, 3.63) is 23.9 Å². The van der Waals surface area contributed by atoms with Crippen molar-refractivity contribution in [2.75, 3.05) is 11.9 Å². The molecular formula is C9H9N5. The molecule has 70 valence electrons. The highest BCUT2D eigenvalue weighted by Gasteiger charge is 2.15. The average Bonchev–Trinajstić information content (AvgIpc) is 2.65. The van der Waals surface area contributed by atoms with E-state index < -0.39 is 0 Å². The third-order valence-electron chi connectivity index (χ3n) is 2.40. The van der Waals surface area contributed by atoms with Crippen molar-refractivity contribution in [2.24, 2.45) is 0 Å². The average molecular weight is 187 g/mol. The highest BCUT2D eigenvalue weighted by Crippen LogP contribution is 2.24. The van der Waals surface area contributed by atoms with E-state index in [0.29, 0.717) is 0 Å². The second kappa shape index (κ2) is 2.54. The van der Waals surface area contributed by atoms with Gasteiger partial charge in [-0.1, -0.05) is 0 Å². The summed E-state index contributed by atoms with van der Waals surface area (Å²) in [6, 6.07) is 3.99. The predicted molar refractivity (Wildman–Crippen MR) is 51.0 cm³/mol. The fourth-order valence-corrected chi connectivity index (χ4v) is 1.77. The minimum atomic E-state index is 0.0744. The Morgan fingerprint density at radius 2 is 2.36 bits per heavy atom. The van der Waals surface area contributed by atoms with Gasteiger partial charge in [-0.2, -0.15) is 4.98 Å². The molecule has 3 aliphatic heterocycles. The van der Waals surface area contributed by atoms with E-state index in [-0.39, 0.29) is 5.62 Å². The highest BCUT2D eigenvalue weighted by atomic mass is 15.2. The Bertz CT molecular complexity index is 515. The molecule has 5 heteroatoms. The van der Waals surface area contributed by atoms with E-state index in [4.69, 9.17) is 5.41 Å². The van der Waals surface area contributed by atoms with Crippen LogP contribution in [0.5, 0.6) is 0 Å². The molecular weight excluding hydrogens is 178 g/mol. The van der Waals surface area contributed by atoms with E-state index in [9.17, 15) is 0 Å². The van der Waals surface area contributed by atoms with Crippen molar-refractivity contribution in [3.8, 4) is 11.4 Å². The molecule has 0 radical (unpaired) electrons. The zero-order valence-electron chi connectivity index (χ0n) is 7.49. The fourth-order valence-electron chi connectivity index (χ4n) is 1.77. The number of anilines is 1. The second-order valence-corrected chi connectivity index (χ2v) is 3.27. The summed E-state index contributed by atoms with van der Waals surface area (Å²) < 4.78 is 2.08. The van der Waals surface area contributed by atoms with Crippen LogP contribution in [0, 0.1) is 5.41 Å². The lowest BCUT2D eigenvalue weighted by atomic mass is 10.2. The van der Waals surface area contributed by atoms with Gasteiger partial charge >= 0.3 is 0 Å². The standard InChI is InChI=1S/C9H9N5/c10-9-12-5-6-1-2-7-11-3-4-14(7)8(6)13-9/h1-2,5,10-11H,3-4H2. The number of aromatic nitrogens is 3. The zero-order chi connectivity index (χ0) is 9.54. The van der Waals surface area contributed by atoms with Gasteiger partial charge in [0.25, 0.3) is 0 Å². The number of pyridine rings is 1. The van der Waals surface area contributed by atoms with Crippen LogP contribution in [0.2, 0.25) is 0 Å². The third-order valence-corrected chi connectivity index (χ3v) is 2.40. The Labute approximate surface area is 80.3 Å². The highest BCUT2D eigenvalue weighted by molar-refractivity contribution is 5.61. The molecule has 0 aromatic heterocycles. The van der Waals surface area contributed by atoms with E-state index >= 15 is 0 Å². The molecule has 3 heterocycles. The smallest absolute Gasteiger partial charge is 0.243 e.